The molecule has 1 aliphatic heterocycles. The molecule has 4 rings (SSSR count). The van der Waals surface area contributed by atoms with Crippen molar-refractivity contribution >= 4 is 29.1 Å². The van der Waals surface area contributed by atoms with E-state index in [-0.39, 0.29) is 11.1 Å². The summed E-state index contributed by atoms with van der Waals surface area (Å²) in [5.41, 5.74) is 2.78. The monoisotopic (exact) mass is 535 g/mol. The van der Waals surface area contributed by atoms with Gasteiger partial charge in [-0.25, -0.2) is 9.79 Å². The van der Waals surface area contributed by atoms with Crippen molar-refractivity contribution in [2.75, 3.05) is 38.3 Å². The van der Waals surface area contributed by atoms with Gasteiger partial charge in [0.15, 0.2) is 16.3 Å². The Morgan fingerprint density at radius 3 is 2.34 bits per heavy atom. The van der Waals surface area contributed by atoms with E-state index in [0.29, 0.717) is 39.6 Å². The highest BCUT2D eigenvalue weighted by molar-refractivity contribution is 7.07. The number of ether oxygens (including phenoxy) is 3. The van der Waals surface area contributed by atoms with Crippen LogP contribution in [0.4, 0.5) is 5.69 Å². The third kappa shape index (κ3) is 5.38. The number of hydrogen-bond donors (Lipinski definition) is 0. The zero-order chi connectivity index (χ0) is 27.2. The second kappa shape index (κ2) is 12.1. The minimum absolute atomic E-state index is 0.229. The molecule has 2 aromatic carbocycles. The number of thiazole rings is 1. The van der Waals surface area contributed by atoms with Crippen LogP contribution in [0.2, 0.25) is 0 Å². The molecule has 2 heterocycles. The molecule has 0 spiro atoms. The summed E-state index contributed by atoms with van der Waals surface area (Å²) in [5, 5.41) is 0. The van der Waals surface area contributed by atoms with Gasteiger partial charge in [-0.3, -0.25) is 9.36 Å². The lowest BCUT2D eigenvalue weighted by Gasteiger charge is -2.23. The smallest absolute Gasteiger partial charge is 0.337 e. The van der Waals surface area contributed by atoms with Crippen molar-refractivity contribution in [1.29, 1.82) is 0 Å². The molecule has 38 heavy (non-hydrogen) atoms. The Balaban J connectivity index is 1.83. The van der Waals surface area contributed by atoms with Gasteiger partial charge in [0.2, 0.25) is 0 Å². The summed E-state index contributed by atoms with van der Waals surface area (Å²) in [6, 6.07) is 12.8. The van der Waals surface area contributed by atoms with Crippen LogP contribution in [0.15, 0.2) is 64.0 Å². The molecule has 1 atom stereocenters. The maximum absolute atomic E-state index is 13.7. The summed E-state index contributed by atoms with van der Waals surface area (Å²) in [6.45, 7) is 10.8. The van der Waals surface area contributed by atoms with Gasteiger partial charge < -0.3 is 19.1 Å². The molecule has 0 N–H and O–H groups in total. The predicted molar refractivity (Wildman–Crippen MR) is 150 cm³/mol. The molecule has 200 valence electrons. The van der Waals surface area contributed by atoms with Crippen LogP contribution in [-0.2, 0) is 9.53 Å². The first-order valence-corrected chi connectivity index (χ1v) is 13.6. The minimum atomic E-state index is -0.722. The van der Waals surface area contributed by atoms with Crippen molar-refractivity contribution in [1.82, 2.24) is 4.57 Å². The van der Waals surface area contributed by atoms with Crippen molar-refractivity contribution in [2.45, 2.75) is 33.7 Å². The number of aromatic nitrogens is 1. The van der Waals surface area contributed by atoms with Gasteiger partial charge in [-0.2, -0.15) is 0 Å². The third-order valence-corrected chi connectivity index (χ3v) is 7.32. The quantitative estimate of drug-likeness (QED) is 0.369. The average Bonchev–Trinajstić information content (AvgIpc) is 3.25. The van der Waals surface area contributed by atoms with E-state index in [0.717, 1.165) is 24.3 Å². The minimum Gasteiger partial charge on any atom is -0.490 e. The SMILES string of the molecule is CCOc1ccc([C@H]2C(C(=O)OC)=CN=c3s/c(=C\c4ccc(N(CC)CC)cc4)c(=O)n32)cc1OCC. The highest BCUT2D eigenvalue weighted by Gasteiger charge is 2.31. The molecule has 0 fully saturated rings. The Kier molecular flexibility index (Phi) is 8.68. The van der Waals surface area contributed by atoms with Crippen LogP contribution in [0, 0.1) is 0 Å². The van der Waals surface area contributed by atoms with Crippen LogP contribution < -0.4 is 29.3 Å². The van der Waals surface area contributed by atoms with Crippen LogP contribution in [0.3, 0.4) is 0 Å². The van der Waals surface area contributed by atoms with Gasteiger partial charge in [-0.15, -0.1) is 0 Å². The predicted octanol–water partition coefficient (Wildman–Crippen LogP) is 3.66. The normalized spacial score (nSPS) is 14.8. The van der Waals surface area contributed by atoms with Crippen molar-refractivity contribution in [3.63, 3.8) is 0 Å². The molecule has 1 aliphatic rings. The van der Waals surface area contributed by atoms with Gasteiger partial charge in [0, 0.05) is 25.0 Å². The standard InChI is InChI=1S/C29H33N3O5S/c1-6-31(7-2)21-13-10-19(11-14-21)16-25-27(33)32-26(22(28(34)35-5)18-30-29(32)38-25)20-12-15-23(36-8-3)24(17-20)37-9-4/h10-18,26H,6-9H2,1-5H3/b25-16-/t26-/m0/s1. The maximum Gasteiger partial charge on any atom is 0.337 e. The van der Waals surface area contributed by atoms with Crippen LogP contribution in [0.5, 0.6) is 11.5 Å². The fourth-order valence-electron chi connectivity index (χ4n) is 4.51. The number of fused-ring (bicyclic) bond motifs is 1. The van der Waals surface area contributed by atoms with Crippen molar-refractivity contribution in [3.05, 3.63) is 85.1 Å². The molecule has 0 aliphatic carbocycles. The second-order valence-electron chi connectivity index (χ2n) is 8.51. The van der Waals surface area contributed by atoms with Crippen LogP contribution in [0.1, 0.15) is 44.9 Å². The number of rotatable bonds is 10. The lowest BCUT2D eigenvalue weighted by molar-refractivity contribution is -0.136. The zero-order valence-electron chi connectivity index (χ0n) is 22.4. The first-order valence-electron chi connectivity index (χ1n) is 12.8. The third-order valence-electron chi connectivity index (χ3n) is 6.33. The number of carbonyl (C=O) groups excluding carboxylic acids is 1. The largest absolute Gasteiger partial charge is 0.490 e. The molecule has 0 saturated carbocycles. The molecule has 0 bridgehead atoms. The van der Waals surface area contributed by atoms with E-state index in [4.69, 9.17) is 14.2 Å². The van der Waals surface area contributed by atoms with Crippen molar-refractivity contribution in [3.8, 4) is 11.5 Å². The Labute approximate surface area is 226 Å². The van der Waals surface area contributed by atoms with E-state index >= 15 is 0 Å². The topological polar surface area (TPSA) is 82.4 Å². The number of hydrogen-bond acceptors (Lipinski definition) is 8. The number of benzene rings is 2. The lowest BCUT2D eigenvalue weighted by Crippen LogP contribution is -2.39. The van der Waals surface area contributed by atoms with E-state index in [2.05, 4.69) is 35.9 Å². The molecular formula is C29H33N3O5S. The van der Waals surface area contributed by atoms with Gasteiger partial charge in [0.25, 0.3) is 5.56 Å². The number of anilines is 1. The van der Waals surface area contributed by atoms with Crippen LogP contribution in [0.25, 0.3) is 6.08 Å². The van der Waals surface area contributed by atoms with Gasteiger partial charge in [0.1, 0.15) is 0 Å². The Bertz CT molecular complexity index is 1500. The summed E-state index contributed by atoms with van der Waals surface area (Å²) in [5.74, 6) is 0.595. The summed E-state index contributed by atoms with van der Waals surface area (Å²) in [4.78, 5) is 33.7. The first kappa shape index (κ1) is 27.2. The summed E-state index contributed by atoms with van der Waals surface area (Å²) in [7, 11) is 1.32. The Morgan fingerprint density at radius 2 is 1.71 bits per heavy atom. The van der Waals surface area contributed by atoms with E-state index in [1.165, 1.54) is 24.6 Å². The van der Waals surface area contributed by atoms with Crippen molar-refractivity contribution in [2.24, 2.45) is 4.99 Å². The van der Waals surface area contributed by atoms with E-state index in [1.54, 1.807) is 10.6 Å². The van der Waals surface area contributed by atoms with Crippen molar-refractivity contribution < 1.29 is 19.0 Å². The zero-order valence-corrected chi connectivity index (χ0v) is 23.2. The van der Waals surface area contributed by atoms with Gasteiger partial charge in [-0.05, 0) is 69.2 Å². The van der Waals surface area contributed by atoms with Gasteiger partial charge in [0.05, 0.1) is 36.5 Å². The Hall–Kier alpha value is -3.85. The molecule has 8 nitrogen and oxygen atoms in total. The van der Waals surface area contributed by atoms with E-state index < -0.39 is 12.0 Å². The number of nitrogens with zero attached hydrogens (tertiary/aromatic N) is 3. The van der Waals surface area contributed by atoms with E-state index in [9.17, 15) is 9.59 Å². The highest BCUT2D eigenvalue weighted by atomic mass is 32.1. The Morgan fingerprint density at radius 1 is 1.03 bits per heavy atom. The highest BCUT2D eigenvalue weighted by Crippen LogP contribution is 2.35. The van der Waals surface area contributed by atoms with E-state index in [1.807, 2.05) is 44.2 Å². The van der Waals surface area contributed by atoms with Crippen LogP contribution in [-0.4, -0.2) is 43.9 Å². The molecule has 3 aromatic rings. The van der Waals surface area contributed by atoms with Gasteiger partial charge >= 0.3 is 5.97 Å². The maximum atomic E-state index is 13.7. The number of esters is 1. The fourth-order valence-corrected chi connectivity index (χ4v) is 5.48. The number of methoxy groups -OCH3 is 1. The fraction of sp³-hybridized carbons (Fsp3) is 0.345. The van der Waals surface area contributed by atoms with Gasteiger partial charge in [-0.1, -0.05) is 29.5 Å². The first-order chi connectivity index (χ1) is 18.4. The lowest BCUT2D eigenvalue weighted by atomic mass is 9.97. The summed E-state index contributed by atoms with van der Waals surface area (Å²) in [6.07, 6.45) is 3.35. The molecule has 9 heteroatoms. The summed E-state index contributed by atoms with van der Waals surface area (Å²) < 4.78 is 18.6. The molecule has 1 aromatic heterocycles. The molecule has 0 unspecified atom stereocenters. The summed E-state index contributed by atoms with van der Waals surface area (Å²) >= 11 is 1.29. The molecule has 0 radical (unpaired) electrons. The molecule has 0 saturated heterocycles. The number of carbonyl (C=O) groups is 1. The van der Waals surface area contributed by atoms with Crippen LogP contribution >= 0.6 is 11.3 Å². The molecule has 0 amide bonds. The molecular weight excluding hydrogens is 502 g/mol. The second-order valence-corrected chi connectivity index (χ2v) is 9.52. The average molecular weight is 536 g/mol.